The molecule has 3 aromatic rings. The fourth-order valence-electron chi connectivity index (χ4n) is 2.64. The van der Waals surface area contributed by atoms with Crippen LogP contribution < -0.4 is 10.6 Å². The minimum absolute atomic E-state index is 0.0333. The lowest BCUT2D eigenvalue weighted by atomic mass is 10.1. The van der Waals surface area contributed by atoms with Crippen molar-refractivity contribution < 1.29 is 4.79 Å². The number of benzene rings is 2. The topological polar surface area (TPSA) is 41.1 Å². The Balaban J connectivity index is 1.64. The van der Waals surface area contributed by atoms with E-state index in [1.165, 1.54) is 11.1 Å². The molecule has 3 nitrogen and oxygen atoms in total. The zero-order valence-corrected chi connectivity index (χ0v) is 12.6. The van der Waals surface area contributed by atoms with Crippen LogP contribution >= 0.6 is 11.3 Å². The lowest BCUT2D eigenvalue weighted by Gasteiger charge is -2.26. The number of nitrogens with one attached hydrogen (secondary N) is 2. The van der Waals surface area contributed by atoms with Gasteiger partial charge in [-0.25, -0.2) is 0 Å². The minimum atomic E-state index is -0.176. The van der Waals surface area contributed by atoms with Crippen molar-refractivity contribution >= 4 is 22.9 Å². The van der Waals surface area contributed by atoms with Gasteiger partial charge in [0.05, 0.1) is 5.56 Å². The maximum atomic E-state index is 12.2. The van der Waals surface area contributed by atoms with Gasteiger partial charge in [-0.2, -0.15) is 0 Å². The number of hydrogen-bond acceptors (Lipinski definition) is 3. The van der Waals surface area contributed by atoms with Crippen LogP contribution in [0, 0.1) is 0 Å². The van der Waals surface area contributed by atoms with Gasteiger partial charge in [-0.15, -0.1) is 11.3 Å². The van der Waals surface area contributed by atoms with Crippen LogP contribution in [0.1, 0.15) is 21.4 Å². The molecule has 22 heavy (non-hydrogen) atoms. The fourth-order valence-corrected chi connectivity index (χ4v) is 3.55. The van der Waals surface area contributed by atoms with E-state index in [-0.39, 0.29) is 12.1 Å². The Hall–Kier alpha value is -2.59. The maximum absolute atomic E-state index is 12.2. The third kappa shape index (κ3) is 2.27. The Labute approximate surface area is 132 Å². The lowest BCUT2D eigenvalue weighted by Crippen LogP contribution is -2.37. The molecule has 2 N–H and O–H groups in total. The predicted octanol–water partition coefficient (Wildman–Crippen LogP) is 4.27. The van der Waals surface area contributed by atoms with E-state index in [1.54, 1.807) is 11.3 Å². The van der Waals surface area contributed by atoms with Crippen LogP contribution in [0.2, 0.25) is 0 Å². The Morgan fingerprint density at radius 1 is 0.864 bits per heavy atom. The highest BCUT2D eigenvalue weighted by Gasteiger charge is 2.25. The van der Waals surface area contributed by atoms with Crippen LogP contribution in [0.5, 0.6) is 0 Å². The van der Waals surface area contributed by atoms with E-state index in [0.717, 1.165) is 10.6 Å². The van der Waals surface area contributed by atoms with Gasteiger partial charge in [-0.1, -0.05) is 42.5 Å². The average molecular weight is 306 g/mol. The van der Waals surface area contributed by atoms with Gasteiger partial charge in [-0.3, -0.25) is 4.79 Å². The Bertz CT molecular complexity index is 826. The van der Waals surface area contributed by atoms with Crippen LogP contribution in [0.3, 0.4) is 0 Å². The smallest absolute Gasteiger partial charge is 0.255 e. The molecular weight excluding hydrogens is 292 g/mol. The quantitative estimate of drug-likeness (QED) is 0.742. The molecule has 1 atom stereocenters. The van der Waals surface area contributed by atoms with Crippen molar-refractivity contribution in [1.29, 1.82) is 0 Å². The van der Waals surface area contributed by atoms with Crippen LogP contribution in [0.15, 0.2) is 66.0 Å². The maximum Gasteiger partial charge on any atom is 0.255 e. The molecule has 1 aliphatic rings. The van der Waals surface area contributed by atoms with Gasteiger partial charge in [0.15, 0.2) is 0 Å². The van der Waals surface area contributed by atoms with Crippen molar-refractivity contribution in [2.75, 3.05) is 5.32 Å². The third-order valence-corrected chi connectivity index (χ3v) is 4.76. The molecule has 1 unspecified atom stereocenters. The molecule has 1 aromatic heterocycles. The van der Waals surface area contributed by atoms with Crippen molar-refractivity contribution in [3.05, 3.63) is 76.5 Å². The number of rotatable bonds is 2. The zero-order chi connectivity index (χ0) is 14.9. The van der Waals surface area contributed by atoms with E-state index in [1.807, 2.05) is 42.5 Å². The van der Waals surface area contributed by atoms with Crippen LogP contribution in [0.4, 0.5) is 5.69 Å². The second-order valence-corrected chi connectivity index (χ2v) is 6.14. The van der Waals surface area contributed by atoms with E-state index in [4.69, 9.17) is 0 Å². The molecule has 1 amide bonds. The molecule has 0 aliphatic carbocycles. The molecule has 0 saturated heterocycles. The summed E-state index contributed by atoms with van der Waals surface area (Å²) in [6, 6.07) is 20.0. The first-order chi connectivity index (χ1) is 10.8. The van der Waals surface area contributed by atoms with Gasteiger partial charge in [0.1, 0.15) is 6.17 Å². The lowest BCUT2D eigenvalue weighted by molar-refractivity contribution is 0.0936. The number of fused-ring (bicyclic) bond motifs is 1. The van der Waals surface area contributed by atoms with Crippen LogP contribution in [-0.2, 0) is 0 Å². The number of carbonyl (C=O) groups excluding carboxylic acids is 1. The van der Waals surface area contributed by atoms with E-state index < -0.39 is 0 Å². The second kappa shape index (κ2) is 5.31. The fraction of sp³-hybridized carbons (Fsp3) is 0.0556. The Morgan fingerprint density at radius 2 is 1.64 bits per heavy atom. The number of anilines is 1. The summed E-state index contributed by atoms with van der Waals surface area (Å²) in [6.45, 7) is 0. The number of carbonyl (C=O) groups is 1. The Morgan fingerprint density at radius 3 is 2.50 bits per heavy atom. The molecule has 0 saturated carbocycles. The molecule has 2 aromatic carbocycles. The summed E-state index contributed by atoms with van der Waals surface area (Å²) in [6.07, 6.45) is -0.176. The van der Waals surface area contributed by atoms with Crippen molar-refractivity contribution in [3.8, 4) is 11.1 Å². The molecule has 0 fully saturated rings. The standard InChI is InChI=1S/C18H14N2OS/c21-18-14-8-4-5-9-15(14)19-17(20-18)16-10-13(11-22-16)12-6-2-1-3-7-12/h1-11,17,19H,(H,20,21). The van der Waals surface area contributed by atoms with Crippen molar-refractivity contribution in [2.24, 2.45) is 0 Å². The first-order valence-corrected chi connectivity index (χ1v) is 7.99. The molecule has 1 aliphatic heterocycles. The summed E-state index contributed by atoms with van der Waals surface area (Å²) in [5.41, 5.74) is 3.94. The van der Waals surface area contributed by atoms with Gasteiger partial charge < -0.3 is 10.6 Å². The molecule has 108 valence electrons. The van der Waals surface area contributed by atoms with Gasteiger partial charge in [0.25, 0.3) is 5.91 Å². The van der Waals surface area contributed by atoms with E-state index in [2.05, 4.69) is 34.2 Å². The van der Waals surface area contributed by atoms with Crippen LogP contribution in [-0.4, -0.2) is 5.91 Å². The highest BCUT2D eigenvalue weighted by Crippen LogP contribution is 2.32. The summed E-state index contributed by atoms with van der Waals surface area (Å²) in [5.74, 6) is -0.0333. The highest BCUT2D eigenvalue weighted by atomic mass is 32.1. The average Bonchev–Trinajstić information content (AvgIpc) is 3.06. The number of thiophene rings is 1. The largest absolute Gasteiger partial charge is 0.360 e. The highest BCUT2D eigenvalue weighted by molar-refractivity contribution is 7.10. The zero-order valence-electron chi connectivity index (χ0n) is 11.7. The van der Waals surface area contributed by atoms with Crippen molar-refractivity contribution in [1.82, 2.24) is 5.32 Å². The van der Waals surface area contributed by atoms with Gasteiger partial charge in [0.2, 0.25) is 0 Å². The van der Waals surface area contributed by atoms with Crippen molar-refractivity contribution in [2.45, 2.75) is 6.17 Å². The normalized spacial score (nSPS) is 16.5. The monoisotopic (exact) mass is 306 g/mol. The Kier molecular flexibility index (Phi) is 3.16. The predicted molar refractivity (Wildman–Crippen MR) is 90.0 cm³/mol. The third-order valence-electron chi connectivity index (χ3n) is 3.76. The summed E-state index contributed by atoms with van der Waals surface area (Å²) >= 11 is 1.65. The van der Waals surface area contributed by atoms with Gasteiger partial charge >= 0.3 is 0 Å². The molecule has 2 heterocycles. The van der Waals surface area contributed by atoms with Crippen molar-refractivity contribution in [3.63, 3.8) is 0 Å². The van der Waals surface area contributed by atoms with Gasteiger partial charge in [0, 0.05) is 10.6 Å². The van der Waals surface area contributed by atoms with Crippen LogP contribution in [0.25, 0.3) is 11.1 Å². The summed E-state index contributed by atoms with van der Waals surface area (Å²) in [7, 11) is 0. The van der Waals surface area contributed by atoms with E-state index >= 15 is 0 Å². The van der Waals surface area contributed by atoms with Gasteiger partial charge in [-0.05, 0) is 34.7 Å². The van der Waals surface area contributed by atoms with E-state index in [0.29, 0.717) is 5.56 Å². The molecular formula is C18H14N2OS. The molecule has 4 heteroatoms. The minimum Gasteiger partial charge on any atom is -0.360 e. The SMILES string of the molecule is O=C1NC(c2cc(-c3ccccc3)cs2)Nc2ccccc21. The molecule has 0 bridgehead atoms. The summed E-state index contributed by atoms with van der Waals surface area (Å²) < 4.78 is 0. The molecule has 0 radical (unpaired) electrons. The number of hydrogen-bond donors (Lipinski definition) is 2. The molecule has 0 spiro atoms. The number of amides is 1. The first kappa shape index (κ1) is 13.1. The summed E-state index contributed by atoms with van der Waals surface area (Å²) in [4.78, 5) is 13.3. The second-order valence-electron chi connectivity index (χ2n) is 5.20. The molecule has 4 rings (SSSR count). The van der Waals surface area contributed by atoms with E-state index in [9.17, 15) is 4.79 Å². The summed E-state index contributed by atoms with van der Waals surface area (Å²) in [5, 5.41) is 8.52. The number of para-hydroxylation sites is 1. The first-order valence-electron chi connectivity index (χ1n) is 7.11.